The van der Waals surface area contributed by atoms with E-state index in [-0.39, 0.29) is 28.5 Å². The molecule has 0 radical (unpaired) electrons. The van der Waals surface area contributed by atoms with Gasteiger partial charge in [-0.3, -0.25) is 9.59 Å². The van der Waals surface area contributed by atoms with Gasteiger partial charge in [-0.15, -0.1) is 0 Å². The van der Waals surface area contributed by atoms with Crippen molar-refractivity contribution in [1.29, 1.82) is 0 Å². The van der Waals surface area contributed by atoms with Crippen molar-refractivity contribution in [2.45, 2.75) is 45.2 Å². The molecule has 0 fully saturated rings. The largest absolute Gasteiger partial charge is 0.349 e. The molecular weight excluding hydrogens is 360 g/mol. The van der Waals surface area contributed by atoms with Gasteiger partial charge in [-0.1, -0.05) is 74.5 Å². The molecule has 0 aliphatic heterocycles. The van der Waals surface area contributed by atoms with Gasteiger partial charge in [0.2, 0.25) is 0 Å². The summed E-state index contributed by atoms with van der Waals surface area (Å²) in [6, 6.07) is 23.3. The van der Waals surface area contributed by atoms with Gasteiger partial charge in [0, 0.05) is 12.2 Å². The molecule has 1 unspecified atom stereocenters. The van der Waals surface area contributed by atoms with E-state index in [0.717, 1.165) is 12.0 Å². The fourth-order valence-corrected chi connectivity index (χ4v) is 3.74. The van der Waals surface area contributed by atoms with Crippen molar-refractivity contribution in [2.24, 2.45) is 0 Å². The maximum absolute atomic E-state index is 12.8. The number of rotatable bonds is 7. The Hall–Kier alpha value is -3.14. The van der Waals surface area contributed by atoms with E-state index in [1.165, 1.54) is 5.56 Å². The first kappa shape index (κ1) is 20.6. The van der Waals surface area contributed by atoms with Gasteiger partial charge in [-0.05, 0) is 42.0 Å². The van der Waals surface area contributed by atoms with Gasteiger partial charge < -0.3 is 9.88 Å². The quantitative estimate of drug-likeness (QED) is 0.653. The van der Waals surface area contributed by atoms with Crippen LogP contribution in [0.25, 0.3) is 0 Å². The summed E-state index contributed by atoms with van der Waals surface area (Å²) in [6.07, 6.45) is 2.49. The number of hydrogen-bond acceptors (Lipinski definition) is 2. The second-order valence-electron chi connectivity index (χ2n) is 8.17. The van der Waals surface area contributed by atoms with Gasteiger partial charge >= 0.3 is 0 Å². The molecule has 1 heterocycles. The second-order valence-corrected chi connectivity index (χ2v) is 8.17. The zero-order valence-electron chi connectivity index (χ0n) is 17.3. The van der Waals surface area contributed by atoms with Crippen LogP contribution in [0, 0.1) is 0 Å². The van der Waals surface area contributed by atoms with Gasteiger partial charge in [-0.2, -0.15) is 0 Å². The van der Waals surface area contributed by atoms with Crippen LogP contribution in [0.1, 0.15) is 48.7 Å². The third-order valence-electron chi connectivity index (χ3n) is 5.21. The van der Waals surface area contributed by atoms with Crippen molar-refractivity contribution in [3.63, 3.8) is 0 Å². The van der Waals surface area contributed by atoms with E-state index < -0.39 is 0 Å². The molecule has 29 heavy (non-hydrogen) atoms. The van der Waals surface area contributed by atoms with Gasteiger partial charge in [0.25, 0.3) is 11.5 Å². The first-order chi connectivity index (χ1) is 13.9. The van der Waals surface area contributed by atoms with Crippen LogP contribution in [0.3, 0.4) is 0 Å². The lowest BCUT2D eigenvalue weighted by Crippen LogP contribution is -2.40. The number of amides is 1. The van der Waals surface area contributed by atoms with Gasteiger partial charge in [-0.25, -0.2) is 0 Å². The number of aromatic nitrogens is 1. The topological polar surface area (TPSA) is 51.1 Å². The number of hydrogen-bond donors (Lipinski definition) is 1. The Labute approximate surface area is 172 Å². The smallest absolute Gasteiger partial charge is 0.263 e. The van der Waals surface area contributed by atoms with Crippen LogP contribution < -0.4 is 10.9 Å². The highest BCUT2D eigenvalue weighted by Crippen LogP contribution is 2.28. The normalized spacial score (nSPS) is 12.4. The Morgan fingerprint density at radius 3 is 2.24 bits per heavy atom. The lowest BCUT2D eigenvalue weighted by molar-refractivity contribution is 0.0932. The zero-order chi connectivity index (χ0) is 20.9. The Kier molecular flexibility index (Phi) is 6.32. The first-order valence-electron chi connectivity index (χ1n) is 9.96. The molecule has 0 bridgehead atoms. The van der Waals surface area contributed by atoms with Crippen molar-refractivity contribution >= 4 is 5.91 Å². The molecule has 4 heteroatoms. The van der Waals surface area contributed by atoms with Crippen LogP contribution in [-0.2, 0) is 12.0 Å². The van der Waals surface area contributed by atoms with Crippen LogP contribution in [-0.4, -0.2) is 16.5 Å². The van der Waals surface area contributed by atoms with E-state index in [1.54, 1.807) is 22.9 Å². The molecule has 1 atom stereocenters. The van der Waals surface area contributed by atoms with E-state index in [2.05, 4.69) is 31.3 Å². The second kappa shape index (κ2) is 8.91. The molecule has 4 nitrogen and oxygen atoms in total. The summed E-state index contributed by atoms with van der Waals surface area (Å²) in [5.74, 6) is -0.325. The number of carbonyl (C=O) groups is 1. The minimum atomic E-state index is -0.325. The highest BCUT2D eigenvalue weighted by Gasteiger charge is 2.24. The van der Waals surface area contributed by atoms with Gasteiger partial charge in [0.05, 0.1) is 6.54 Å². The molecule has 1 amide bonds. The van der Waals surface area contributed by atoms with E-state index in [9.17, 15) is 9.59 Å². The monoisotopic (exact) mass is 388 g/mol. The van der Waals surface area contributed by atoms with Gasteiger partial charge in [0.1, 0.15) is 5.56 Å². The Morgan fingerprint density at radius 2 is 1.59 bits per heavy atom. The van der Waals surface area contributed by atoms with Crippen LogP contribution in [0.2, 0.25) is 0 Å². The summed E-state index contributed by atoms with van der Waals surface area (Å²) in [6.45, 7) is 6.76. The number of nitrogens with one attached hydrogen (secondary N) is 1. The number of benzene rings is 2. The lowest BCUT2D eigenvalue weighted by atomic mass is 9.79. The van der Waals surface area contributed by atoms with E-state index >= 15 is 0 Å². The van der Waals surface area contributed by atoms with Crippen LogP contribution in [0.4, 0.5) is 0 Å². The van der Waals surface area contributed by atoms with E-state index in [4.69, 9.17) is 0 Å². The maximum Gasteiger partial charge on any atom is 0.263 e. The summed E-state index contributed by atoms with van der Waals surface area (Å²) < 4.78 is 1.57. The first-order valence-corrected chi connectivity index (χ1v) is 9.96. The SMILES string of the molecule is CC(CC(C)(C)c1ccccc1)NC(=O)c1cccn(Cc2ccccc2)c1=O. The molecule has 3 rings (SSSR count). The predicted molar refractivity (Wildman–Crippen MR) is 117 cm³/mol. The summed E-state index contributed by atoms with van der Waals surface area (Å²) in [5, 5.41) is 3.00. The minimum Gasteiger partial charge on any atom is -0.349 e. The Bertz CT molecular complexity index is 1010. The molecule has 150 valence electrons. The van der Waals surface area contributed by atoms with Crippen molar-refractivity contribution in [2.75, 3.05) is 0 Å². The third kappa shape index (κ3) is 5.23. The molecule has 0 aliphatic carbocycles. The van der Waals surface area contributed by atoms with E-state index in [1.807, 2.05) is 55.5 Å². The molecule has 0 saturated heterocycles. The van der Waals surface area contributed by atoms with Crippen molar-refractivity contribution in [3.8, 4) is 0 Å². The summed E-state index contributed by atoms with van der Waals surface area (Å²) in [7, 11) is 0. The average Bonchev–Trinajstić information content (AvgIpc) is 2.70. The Balaban J connectivity index is 1.70. The van der Waals surface area contributed by atoms with Crippen LogP contribution >= 0.6 is 0 Å². The standard InChI is InChI=1S/C25H28N2O2/c1-19(17-25(2,3)21-13-8-5-9-14-21)26-23(28)22-15-10-16-27(24(22)29)18-20-11-6-4-7-12-20/h4-16,19H,17-18H2,1-3H3,(H,26,28). The zero-order valence-corrected chi connectivity index (χ0v) is 17.3. The summed E-state index contributed by atoms with van der Waals surface area (Å²) in [4.78, 5) is 25.6. The minimum absolute atomic E-state index is 0.0696. The molecule has 0 aliphatic rings. The van der Waals surface area contributed by atoms with Crippen LogP contribution in [0.5, 0.6) is 0 Å². The third-order valence-corrected chi connectivity index (χ3v) is 5.21. The fourth-order valence-electron chi connectivity index (χ4n) is 3.74. The van der Waals surface area contributed by atoms with Crippen molar-refractivity contribution < 1.29 is 4.79 Å². The Morgan fingerprint density at radius 1 is 0.966 bits per heavy atom. The fraction of sp³-hybridized carbons (Fsp3) is 0.280. The van der Waals surface area contributed by atoms with Crippen molar-refractivity contribution in [1.82, 2.24) is 9.88 Å². The lowest BCUT2D eigenvalue weighted by Gasteiger charge is -2.29. The number of carbonyl (C=O) groups excluding carboxylic acids is 1. The molecule has 1 aromatic heterocycles. The average molecular weight is 389 g/mol. The highest BCUT2D eigenvalue weighted by molar-refractivity contribution is 5.93. The van der Waals surface area contributed by atoms with Crippen LogP contribution in [0.15, 0.2) is 83.8 Å². The maximum atomic E-state index is 12.8. The molecule has 0 spiro atoms. The van der Waals surface area contributed by atoms with Gasteiger partial charge in [0.15, 0.2) is 0 Å². The van der Waals surface area contributed by atoms with Crippen molar-refractivity contribution in [3.05, 3.63) is 106 Å². The van der Waals surface area contributed by atoms with E-state index in [0.29, 0.717) is 6.54 Å². The molecule has 0 saturated carbocycles. The molecule has 1 N–H and O–H groups in total. The number of nitrogens with zero attached hydrogens (tertiary/aromatic N) is 1. The molecule has 2 aromatic carbocycles. The highest BCUT2D eigenvalue weighted by atomic mass is 16.2. The predicted octanol–water partition coefficient (Wildman–Crippen LogP) is 4.38. The summed E-state index contributed by atoms with van der Waals surface area (Å²) in [5.41, 5.74) is 2.06. The summed E-state index contributed by atoms with van der Waals surface area (Å²) >= 11 is 0. The number of pyridine rings is 1. The molecule has 3 aromatic rings. The molecular formula is C25H28N2O2.